The van der Waals surface area contributed by atoms with E-state index in [0.29, 0.717) is 15.4 Å². The van der Waals surface area contributed by atoms with Gasteiger partial charge in [-0.1, -0.05) is 11.6 Å². The zero-order chi connectivity index (χ0) is 12.4. The van der Waals surface area contributed by atoms with E-state index in [2.05, 4.69) is 4.98 Å². The number of aromatic nitrogens is 1. The van der Waals surface area contributed by atoms with E-state index in [0.717, 1.165) is 0 Å². The molecule has 0 aromatic carbocycles. The van der Waals surface area contributed by atoms with Gasteiger partial charge in [-0.2, -0.15) is 5.26 Å². The van der Waals surface area contributed by atoms with E-state index in [1.807, 2.05) is 6.07 Å². The van der Waals surface area contributed by atoms with Crippen LogP contribution in [0.15, 0.2) is 24.3 Å². The maximum absolute atomic E-state index is 10.7. The largest absolute Gasteiger partial charge is 0.274 e. The molecule has 0 spiro atoms. The zero-order valence-corrected chi connectivity index (χ0v) is 9.83. The first-order valence-corrected chi connectivity index (χ1v) is 5.62. The van der Waals surface area contributed by atoms with E-state index >= 15 is 0 Å². The van der Waals surface area contributed by atoms with E-state index in [-0.39, 0.29) is 10.8 Å². The van der Waals surface area contributed by atoms with Gasteiger partial charge in [-0.05, 0) is 12.1 Å². The monoisotopic (exact) mass is 265 g/mol. The van der Waals surface area contributed by atoms with Crippen molar-refractivity contribution in [2.45, 2.75) is 0 Å². The van der Waals surface area contributed by atoms with Crippen molar-refractivity contribution >= 4 is 28.6 Å². The number of thiophene rings is 1. The number of nitro groups is 1. The number of pyridine rings is 1. The minimum absolute atomic E-state index is 0.0566. The van der Waals surface area contributed by atoms with Gasteiger partial charge in [0.05, 0.1) is 21.6 Å². The van der Waals surface area contributed by atoms with Crippen molar-refractivity contribution < 1.29 is 4.92 Å². The average molecular weight is 266 g/mol. The van der Waals surface area contributed by atoms with Gasteiger partial charge in [0.2, 0.25) is 0 Å². The molecule has 0 saturated heterocycles. The third kappa shape index (κ3) is 2.41. The van der Waals surface area contributed by atoms with Crippen LogP contribution in [0.1, 0.15) is 4.88 Å². The smallest absolute Gasteiger partial charge is 0.258 e. The molecule has 5 nitrogen and oxygen atoms in total. The van der Waals surface area contributed by atoms with Crippen molar-refractivity contribution in [2.75, 3.05) is 0 Å². The molecule has 0 aliphatic heterocycles. The Bertz CT molecular complexity index is 633. The molecule has 0 aliphatic rings. The van der Waals surface area contributed by atoms with Crippen LogP contribution in [0.3, 0.4) is 0 Å². The summed E-state index contributed by atoms with van der Waals surface area (Å²) in [6.07, 6.45) is 0. The van der Waals surface area contributed by atoms with E-state index < -0.39 is 4.92 Å². The summed E-state index contributed by atoms with van der Waals surface area (Å²) in [4.78, 5) is 15.3. The molecule has 0 aliphatic carbocycles. The number of nitrogens with zero attached hydrogens (tertiary/aromatic N) is 3. The van der Waals surface area contributed by atoms with Crippen LogP contribution in [0.5, 0.6) is 0 Å². The third-order valence-corrected chi connectivity index (χ3v) is 3.16. The van der Waals surface area contributed by atoms with Crippen molar-refractivity contribution in [2.24, 2.45) is 0 Å². The lowest BCUT2D eigenvalue weighted by molar-refractivity contribution is -0.384. The summed E-state index contributed by atoms with van der Waals surface area (Å²) in [5.74, 6) is 0. The van der Waals surface area contributed by atoms with Crippen molar-refractivity contribution in [3.8, 4) is 16.6 Å². The molecular weight excluding hydrogens is 262 g/mol. The molecular formula is C10H4ClN3O2S. The van der Waals surface area contributed by atoms with Gasteiger partial charge < -0.3 is 0 Å². The highest BCUT2D eigenvalue weighted by Crippen LogP contribution is 2.30. The quantitative estimate of drug-likeness (QED) is 0.474. The number of nitriles is 1. The van der Waals surface area contributed by atoms with Crippen molar-refractivity contribution in [3.63, 3.8) is 0 Å². The minimum atomic E-state index is -0.532. The fraction of sp³-hybridized carbons (Fsp3) is 0. The molecule has 0 saturated carbocycles. The fourth-order valence-corrected chi connectivity index (χ4v) is 2.22. The Morgan fingerprint density at radius 3 is 2.82 bits per heavy atom. The second-order valence-electron chi connectivity index (χ2n) is 3.07. The number of rotatable bonds is 2. The molecule has 2 rings (SSSR count). The Labute approximate surface area is 105 Å². The maximum atomic E-state index is 10.7. The van der Waals surface area contributed by atoms with Gasteiger partial charge in [0, 0.05) is 6.07 Å². The van der Waals surface area contributed by atoms with Crippen LogP contribution < -0.4 is 0 Å². The summed E-state index contributed by atoms with van der Waals surface area (Å²) in [7, 11) is 0. The first kappa shape index (κ1) is 11.5. The zero-order valence-electron chi connectivity index (χ0n) is 8.25. The lowest BCUT2D eigenvalue weighted by Gasteiger charge is -1.98. The standard InChI is InChI=1S/C10H4ClN3O2S/c11-10-4-6(14(15)16)3-8(13-10)9-2-1-7(5-12)17-9/h1-4H. The highest BCUT2D eigenvalue weighted by Gasteiger charge is 2.12. The molecule has 2 aromatic heterocycles. The molecule has 7 heteroatoms. The fourth-order valence-electron chi connectivity index (χ4n) is 1.25. The summed E-state index contributed by atoms with van der Waals surface area (Å²) in [6, 6.07) is 7.83. The summed E-state index contributed by atoms with van der Waals surface area (Å²) < 4.78 is 0. The minimum Gasteiger partial charge on any atom is -0.258 e. The van der Waals surface area contributed by atoms with Gasteiger partial charge in [-0.25, -0.2) is 4.98 Å². The van der Waals surface area contributed by atoms with Crippen LogP contribution in [-0.4, -0.2) is 9.91 Å². The molecule has 0 unspecified atom stereocenters. The van der Waals surface area contributed by atoms with Crippen molar-refractivity contribution in [1.29, 1.82) is 5.26 Å². The summed E-state index contributed by atoms with van der Waals surface area (Å²) >= 11 is 6.92. The summed E-state index contributed by atoms with van der Waals surface area (Å²) in [5.41, 5.74) is 0.280. The molecule has 17 heavy (non-hydrogen) atoms. The Hall–Kier alpha value is -1.97. The Morgan fingerprint density at radius 1 is 1.47 bits per heavy atom. The molecule has 0 atom stereocenters. The molecule has 0 fully saturated rings. The predicted molar refractivity (Wildman–Crippen MR) is 63.9 cm³/mol. The lowest BCUT2D eigenvalue weighted by atomic mass is 10.3. The number of halogens is 1. The normalized spacial score (nSPS) is 9.88. The van der Waals surface area contributed by atoms with Gasteiger partial charge in [-0.3, -0.25) is 10.1 Å². The predicted octanol–water partition coefficient (Wildman–Crippen LogP) is 3.24. The van der Waals surface area contributed by atoms with Gasteiger partial charge in [0.25, 0.3) is 5.69 Å². The maximum Gasteiger partial charge on any atom is 0.274 e. The first-order valence-electron chi connectivity index (χ1n) is 4.42. The number of hydrogen-bond donors (Lipinski definition) is 0. The van der Waals surface area contributed by atoms with Crippen LogP contribution in [-0.2, 0) is 0 Å². The van der Waals surface area contributed by atoms with Gasteiger partial charge in [0.1, 0.15) is 16.1 Å². The molecule has 2 heterocycles. The highest BCUT2D eigenvalue weighted by atomic mass is 35.5. The summed E-state index contributed by atoms with van der Waals surface area (Å²) in [5, 5.41) is 19.4. The SMILES string of the molecule is N#Cc1ccc(-c2cc([N+](=O)[O-])cc(Cl)n2)s1. The van der Waals surface area contributed by atoms with Gasteiger partial charge in [-0.15, -0.1) is 11.3 Å². The summed E-state index contributed by atoms with van der Waals surface area (Å²) in [6.45, 7) is 0. The second-order valence-corrected chi connectivity index (χ2v) is 4.54. The van der Waals surface area contributed by atoms with E-state index in [1.165, 1.54) is 23.5 Å². The van der Waals surface area contributed by atoms with E-state index in [9.17, 15) is 10.1 Å². The van der Waals surface area contributed by atoms with Crippen LogP contribution in [0.2, 0.25) is 5.15 Å². The molecule has 0 radical (unpaired) electrons. The van der Waals surface area contributed by atoms with Crippen LogP contribution in [0, 0.1) is 21.4 Å². The molecule has 0 N–H and O–H groups in total. The van der Waals surface area contributed by atoms with E-state index in [1.54, 1.807) is 12.1 Å². The second kappa shape index (κ2) is 4.49. The van der Waals surface area contributed by atoms with Gasteiger partial charge in [0.15, 0.2) is 0 Å². The average Bonchev–Trinajstić information content (AvgIpc) is 2.76. The highest BCUT2D eigenvalue weighted by molar-refractivity contribution is 7.15. The Balaban J connectivity index is 2.52. The molecule has 0 amide bonds. The Morgan fingerprint density at radius 2 is 2.24 bits per heavy atom. The van der Waals surface area contributed by atoms with Crippen LogP contribution >= 0.6 is 22.9 Å². The Kier molecular flexibility index (Phi) is 3.04. The van der Waals surface area contributed by atoms with Crippen molar-refractivity contribution in [1.82, 2.24) is 4.98 Å². The topological polar surface area (TPSA) is 79.8 Å². The van der Waals surface area contributed by atoms with Crippen LogP contribution in [0.4, 0.5) is 5.69 Å². The van der Waals surface area contributed by atoms with Gasteiger partial charge >= 0.3 is 0 Å². The van der Waals surface area contributed by atoms with Crippen molar-refractivity contribution in [3.05, 3.63) is 44.4 Å². The van der Waals surface area contributed by atoms with Crippen LogP contribution in [0.25, 0.3) is 10.6 Å². The lowest BCUT2D eigenvalue weighted by Crippen LogP contribution is -1.90. The molecule has 84 valence electrons. The number of hydrogen-bond acceptors (Lipinski definition) is 5. The first-order chi connectivity index (χ1) is 8.10. The van der Waals surface area contributed by atoms with E-state index in [4.69, 9.17) is 16.9 Å². The molecule has 0 bridgehead atoms. The third-order valence-electron chi connectivity index (χ3n) is 1.96. The molecule has 2 aromatic rings.